The number of piperazine rings is 1. The number of aryl methyl sites for hydroxylation is 1. The van der Waals surface area contributed by atoms with Crippen LogP contribution in [0.3, 0.4) is 0 Å². The molecule has 3 rings (SSSR count). The van der Waals surface area contributed by atoms with Gasteiger partial charge in [-0.15, -0.1) is 0 Å². The van der Waals surface area contributed by atoms with Crippen molar-refractivity contribution in [3.63, 3.8) is 0 Å². The maximum Gasteiger partial charge on any atom is 0.425 e. The van der Waals surface area contributed by atoms with Crippen molar-refractivity contribution in [2.75, 3.05) is 39.8 Å². The van der Waals surface area contributed by atoms with Crippen LogP contribution in [-0.2, 0) is 17.4 Å². The average Bonchev–Trinajstić information content (AvgIpc) is 3.15. The van der Waals surface area contributed by atoms with E-state index in [0.717, 1.165) is 42.5 Å². The monoisotopic (exact) mass is 439 g/mol. The number of carbonyl (C=O) groups is 1. The number of nitrogens with one attached hydrogen (secondary N) is 1. The van der Waals surface area contributed by atoms with Crippen molar-refractivity contribution in [1.82, 2.24) is 24.7 Å². The highest BCUT2D eigenvalue weighted by atomic mass is 19.4. The molecule has 0 saturated carbocycles. The van der Waals surface area contributed by atoms with Gasteiger partial charge in [0, 0.05) is 52.2 Å². The predicted octanol–water partition coefficient (Wildman–Crippen LogP) is 1.66. The average molecular weight is 439 g/mol. The maximum absolute atomic E-state index is 13.8. The molecule has 0 radical (unpaired) electrons. The van der Waals surface area contributed by atoms with Crippen LogP contribution in [0.15, 0.2) is 42.7 Å². The molecular weight excluding hydrogens is 411 g/mol. The number of nitrogens with zero attached hydrogens (tertiary/aromatic N) is 4. The smallest absolute Gasteiger partial charge is 0.374 e. The molecule has 2 unspecified atom stereocenters. The van der Waals surface area contributed by atoms with Crippen molar-refractivity contribution in [2.24, 2.45) is 7.05 Å². The Balaban J connectivity index is 1.78. The van der Waals surface area contributed by atoms with Crippen LogP contribution in [-0.4, -0.2) is 76.3 Å². The lowest BCUT2D eigenvalue weighted by molar-refractivity contribution is -0.271. The molecule has 2 aromatic rings. The van der Waals surface area contributed by atoms with Gasteiger partial charge in [-0.1, -0.05) is 30.3 Å². The van der Waals surface area contributed by atoms with Gasteiger partial charge in [-0.3, -0.25) is 9.69 Å². The lowest BCUT2D eigenvalue weighted by atomic mass is 9.96. The van der Waals surface area contributed by atoms with Gasteiger partial charge in [0.2, 0.25) is 11.5 Å². The lowest BCUT2D eigenvalue weighted by Gasteiger charge is -2.35. The van der Waals surface area contributed by atoms with Crippen molar-refractivity contribution >= 4 is 5.91 Å². The first-order valence-corrected chi connectivity index (χ1v) is 10.1. The Labute approximate surface area is 179 Å². The number of imidazole rings is 1. The van der Waals surface area contributed by atoms with Crippen molar-refractivity contribution in [2.45, 2.75) is 24.2 Å². The van der Waals surface area contributed by atoms with Crippen LogP contribution in [0.2, 0.25) is 0 Å². The molecule has 2 atom stereocenters. The third-order valence-electron chi connectivity index (χ3n) is 5.65. The molecule has 0 bridgehead atoms. The number of benzene rings is 1. The van der Waals surface area contributed by atoms with Gasteiger partial charge in [0.05, 0.1) is 12.5 Å². The summed E-state index contributed by atoms with van der Waals surface area (Å²) >= 11 is 0. The molecule has 1 amide bonds. The van der Waals surface area contributed by atoms with E-state index >= 15 is 0 Å². The Morgan fingerprint density at radius 2 is 1.81 bits per heavy atom. The summed E-state index contributed by atoms with van der Waals surface area (Å²) in [7, 11) is 3.38. The third-order valence-corrected chi connectivity index (χ3v) is 5.65. The maximum atomic E-state index is 13.8. The summed E-state index contributed by atoms with van der Waals surface area (Å²) in [5.41, 5.74) is -2.59. The van der Waals surface area contributed by atoms with Crippen LogP contribution >= 0.6 is 0 Å². The summed E-state index contributed by atoms with van der Waals surface area (Å²) in [6.07, 6.45) is -3.79. The second-order valence-electron chi connectivity index (χ2n) is 8.03. The number of aromatic nitrogens is 2. The van der Waals surface area contributed by atoms with E-state index in [-0.39, 0.29) is 0 Å². The van der Waals surface area contributed by atoms with E-state index in [4.69, 9.17) is 0 Å². The predicted molar refractivity (Wildman–Crippen MR) is 109 cm³/mol. The van der Waals surface area contributed by atoms with Crippen LogP contribution in [0.25, 0.3) is 0 Å². The van der Waals surface area contributed by atoms with E-state index in [9.17, 15) is 23.1 Å². The van der Waals surface area contributed by atoms with E-state index in [2.05, 4.69) is 20.1 Å². The normalized spacial score (nSPS) is 19.0. The van der Waals surface area contributed by atoms with Gasteiger partial charge in [-0.05, 0) is 12.6 Å². The zero-order valence-electron chi connectivity index (χ0n) is 17.6. The van der Waals surface area contributed by atoms with Gasteiger partial charge in [-0.2, -0.15) is 13.2 Å². The minimum atomic E-state index is -5.07. The molecule has 1 fully saturated rings. The van der Waals surface area contributed by atoms with E-state index in [1.807, 2.05) is 37.4 Å². The molecule has 0 spiro atoms. The van der Waals surface area contributed by atoms with Gasteiger partial charge < -0.3 is 19.9 Å². The topological polar surface area (TPSA) is 73.6 Å². The van der Waals surface area contributed by atoms with Gasteiger partial charge in [-0.25, -0.2) is 4.98 Å². The molecule has 0 aliphatic carbocycles. The van der Waals surface area contributed by atoms with Crippen molar-refractivity contribution in [3.8, 4) is 0 Å². The molecule has 1 aromatic carbocycles. The summed E-state index contributed by atoms with van der Waals surface area (Å²) in [5, 5.41) is 13.2. The highest BCUT2D eigenvalue weighted by Gasteiger charge is 2.58. The molecule has 31 heavy (non-hydrogen) atoms. The zero-order valence-corrected chi connectivity index (χ0v) is 17.6. The first-order chi connectivity index (χ1) is 14.6. The van der Waals surface area contributed by atoms with Crippen molar-refractivity contribution in [1.29, 1.82) is 0 Å². The molecular formula is C21H28F3N5O2. The highest BCUT2D eigenvalue weighted by molar-refractivity contribution is 5.78. The zero-order chi connectivity index (χ0) is 22.6. The number of alkyl halides is 3. The quantitative estimate of drug-likeness (QED) is 0.687. The molecule has 1 aliphatic heterocycles. The fraction of sp³-hybridized carbons (Fsp3) is 0.524. The molecule has 1 aliphatic rings. The SMILES string of the molecule is CN1CCN(CC(NC(=O)CC(O)(c2nccn2C)C(F)(F)F)c2ccccc2)CC1. The number of hydrogen-bond donors (Lipinski definition) is 2. The molecule has 170 valence electrons. The van der Waals surface area contributed by atoms with Crippen molar-refractivity contribution < 1.29 is 23.1 Å². The van der Waals surface area contributed by atoms with E-state index < -0.39 is 36.0 Å². The number of carbonyl (C=O) groups excluding carboxylic acids is 1. The van der Waals surface area contributed by atoms with E-state index in [1.54, 1.807) is 0 Å². The summed E-state index contributed by atoms with van der Waals surface area (Å²) < 4.78 is 42.4. The second-order valence-corrected chi connectivity index (χ2v) is 8.03. The lowest BCUT2D eigenvalue weighted by Crippen LogP contribution is -2.50. The summed E-state index contributed by atoms with van der Waals surface area (Å²) in [4.78, 5) is 20.8. The third kappa shape index (κ3) is 5.44. The van der Waals surface area contributed by atoms with Gasteiger partial charge >= 0.3 is 6.18 Å². The Kier molecular flexibility index (Phi) is 7.03. The summed E-state index contributed by atoms with van der Waals surface area (Å²) in [6.45, 7) is 3.83. The number of aliphatic hydroxyl groups is 1. The van der Waals surface area contributed by atoms with Crippen LogP contribution in [0, 0.1) is 0 Å². The molecule has 1 saturated heterocycles. The first-order valence-electron chi connectivity index (χ1n) is 10.1. The second kappa shape index (κ2) is 9.37. The van der Waals surface area contributed by atoms with Crippen LogP contribution < -0.4 is 5.32 Å². The van der Waals surface area contributed by atoms with Gasteiger partial charge in [0.15, 0.2) is 5.82 Å². The number of hydrogen-bond acceptors (Lipinski definition) is 5. The Morgan fingerprint density at radius 1 is 1.16 bits per heavy atom. The fourth-order valence-corrected chi connectivity index (χ4v) is 3.76. The molecule has 2 N–H and O–H groups in total. The highest BCUT2D eigenvalue weighted by Crippen LogP contribution is 2.40. The van der Waals surface area contributed by atoms with E-state index in [0.29, 0.717) is 6.54 Å². The Bertz CT molecular complexity index is 865. The van der Waals surface area contributed by atoms with Crippen LogP contribution in [0.1, 0.15) is 23.9 Å². The summed E-state index contributed by atoms with van der Waals surface area (Å²) in [5.74, 6) is -1.52. The Morgan fingerprint density at radius 3 is 2.35 bits per heavy atom. The standard InChI is InChI=1S/C21H28F3N5O2/c1-27-10-12-29(13-11-27)15-17(16-6-4-3-5-7-16)26-18(30)14-20(31,21(22,23)24)19-25-8-9-28(19)2/h3-9,17,31H,10-15H2,1-2H3,(H,26,30). The molecule has 10 heteroatoms. The van der Waals surface area contributed by atoms with Gasteiger partial charge in [0.1, 0.15) is 0 Å². The number of likely N-dealkylation sites (N-methyl/N-ethyl adjacent to an activating group) is 1. The largest absolute Gasteiger partial charge is 0.425 e. The van der Waals surface area contributed by atoms with Crippen LogP contribution in [0.4, 0.5) is 13.2 Å². The van der Waals surface area contributed by atoms with Crippen molar-refractivity contribution in [3.05, 3.63) is 54.1 Å². The molecule has 1 aromatic heterocycles. The van der Waals surface area contributed by atoms with Crippen LogP contribution in [0.5, 0.6) is 0 Å². The number of rotatable bonds is 7. The molecule has 2 heterocycles. The number of halogens is 3. The fourth-order valence-electron chi connectivity index (χ4n) is 3.76. The first kappa shape index (κ1) is 23.2. The molecule has 7 nitrogen and oxygen atoms in total. The minimum absolute atomic E-state index is 0.469. The van der Waals surface area contributed by atoms with E-state index in [1.165, 1.54) is 13.2 Å². The number of amides is 1. The summed E-state index contributed by atoms with van der Waals surface area (Å²) in [6, 6.07) is 8.63. The minimum Gasteiger partial charge on any atom is -0.374 e. The van der Waals surface area contributed by atoms with Gasteiger partial charge in [0.25, 0.3) is 0 Å². The Hall–Kier alpha value is -2.43.